The average molecular weight is 313 g/mol. The molecular formula is C18H23N3O2. The van der Waals surface area contributed by atoms with Crippen LogP contribution in [0.15, 0.2) is 29.1 Å². The zero-order valence-corrected chi connectivity index (χ0v) is 13.8. The fourth-order valence-electron chi connectivity index (χ4n) is 3.58. The van der Waals surface area contributed by atoms with Gasteiger partial charge in [-0.1, -0.05) is 31.0 Å². The minimum Gasteiger partial charge on any atom is -0.338 e. The van der Waals surface area contributed by atoms with Gasteiger partial charge in [0.15, 0.2) is 0 Å². The number of benzene rings is 1. The van der Waals surface area contributed by atoms with E-state index >= 15 is 0 Å². The molecule has 0 spiro atoms. The van der Waals surface area contributed by atoms with Crippen molar-refractivity contribution in [3.05, 3.63) is 40.3 Å². The van der Waals surface area contributed by atoms with Gasteiger partial charge in [-0.3, -0.25) is 9.59 Å². The molecule has 122 valence electrons. The molecular weight excluding hydrogens is 290 g/mol. The second-order valence-corrected chi connectivity index (χ2v) is 6.21. The number of aromatic nitrogens is 2. The van der Waals surface area contributed by atoms with E-state index in [4.69, 9.17) is 0 Å². The molecule has 23 heavy (non-hydrogen) atoms. The summed E-state index contributed by atoms with van der Waals surface area (Å²) in [5, 5.41) is 5.81. The molecule has 1 fully saturated rings. The van der Waals surface area contributed by atoms with Crippen molar-refractivity contribution in [2.75, 3.05) is 6.54 Å². The molecule has 1 aromatic heterocycles. The number of carbonyl (C=O) groups is 1. The second kappa shape index (κ2) is 6.52. The monoisotopic (exact) mass is 313 g/mol. The molecule has 1 aliphatic carbocycles. The zero-order valence-electron chi connectivity index (χ0n) is 13.8. The summed E-state index contributed by atoms with van der Waals surface area (Å²) in [6, 6.07) is 7.74. The Morgan fingerprint density at radius 1 is 1.26 bits per heavy atom. The van der Waals surface area contributed by atoms with Crippen LogP contribution in [0.1, 0.15) is 38.3 Å². The van der Waals surface area contributed by atoms with Crippen LogP contribution in [0.4, 0.5) is 0 Å². The Kier molecular flexibility index (Phi) is 4.46. The molecule has 0 atom stereocenters. The van der Waals surface area contributed by atoms with E-state index in [2.05, 4.69) is 5.10 Å². The highest BCUT2D eigenvalue weighted by atomic mass is 16.2. The van der Waals surface area contributed by atoms with Gasteiger partial charge in [-0.05, 0) is 32.8 Å². The Hall–Kier alpha value is -2.17. The van der Waals surface area contributed by atoms with E-state index < -0.39 is 0 Å². The maximum atomic E-state index is 12.7. The van der Waals surface area contributed by atoms with Gasteiger partial charge in [0.05, 0.1) is 11.1 Å². The maximum Gasteiger partial charge on any atom is 0.275 e. The number of aryl methyl sites for hydroxylation is 1. The van der Waals surface area contributed by atoms with E-state index in [0.29, 0.717) is 18.0 Å². The number of rotatable bonds is 4. The van der Waals surface area contributed by atoms with Crippen molar-refractivity contribution in [2.45, 2.75) is 52.1 Å². The van der Waals surface area contributed by atoms with E-state index in [1.165, 1.54) is 17.5 Å². The Labute approximate surface area is 135 Å². The van der Waals surface area contributed by atoms with Crippen LogP contribution in [-0.4, -0.2) is 33.2 Å². The number of amides is 1. The van der Waals surface area contributed by atoms with Crippen molar-refractivity contribution in [3.8, 4) is 0 Å². The third kappa shape index (κ3) is 3.00. The minimum absolute atomic E-state index is 0.0105. The van der Waals surface area contributed by atoms with Crippen molar-refractivity contribution in [2.24, 2.45) is 0 Å². The number of fused-ring (bicyclic) bond motifs is 1. The van der Waals surface area contributed by atoms with Gasteiger partial charge < -0.3 is 4.90 Å². The van der Waals surface area contributed by atoms with Gasteiger partial charge in [0.25, 0.3) is 5.56 Å². The lowest BCUT2D eigenvalue weighted by atomic mass is 10.1. The predicted molar refractivity (Wildman–Crippen MR) is 90.4 cm³/mol. The van der Waals surface area contributed by atoms with E-state index in [0.717, 1.165) is 23.9 Å². The van der Waals surface area contributed by atoms with Crippen molar-refractivity contribution in [1.29, 1.82) is 0 Å². The summed E-state index contributed by atoms with van der Waals surface area (Å²) in [6.45, 7) is 4.58. The van der Waals surface area contributed by atoms with Crippen molar-refractivity contribution >= 4 is 16.7 Å². The van der Waals surface area contributed by atoms with E-state index in [1.807, 2.05) is 36.9 Å². The van der Waals surface area contributed by atoms with Gasteiger partial charge in [0.1, 0.15) is 6.54 Å². The summed E-state index contributed by atoms with van der Waals surface area (Å²) >= 11 is 0. The largest absolute Gasteiger partial charge is 0.338 e. The van der Waals surface area contributed by atoms with Crippen LogP contribution in [0.5, 0.6) is 0 Å². The van der Waals surface area contributed by atoms with E-state index in [9.17, 15) is 9.59 Å². The van der Waals surface area contributed by atoms with Crippen LogP contribution in [-0.2, 0) is 11.3 Å². The van der Waals surface area contributed by atoms with Gasteiger partial charge in [-0.2, -0.15) is 5.10 Å². The van der Waals surface area contributed by atoms with Gasteiger partial charge in [0, 0.05) is 18.0 Å². The molecule has 1 aromatic carbocycles. The summed E-state index contributed by atoms with van der Waals surface area (Å²) in [4.78, 5) is 27.1. The zero-order chi connectivity index (χ0) is 16.4. The number of hydrogen-bond donors (Lipinski definition) is 0. The molecule has 0 bridgehead atoms. The number of carbonyl (C=O) groups excluding carboxylic acids is 1. The minimum atomic E-state index is -0.193. The summed E-state index contributed by atoms with van der Waals surface area (Å²) in [6.07, 6.45) is 4.50. The highest BCUT2D eigenvalue weighted by Crippen LogP contribution is 2.23. The molecule has 2 aromatic rings. The lowest BCUT2D eigenvalue weighted by Gasteiger charge is -2.27. The Morgan fingerprint density at radius 2 is 1.91 bits per heavy atom. The molecule has 0 saturated heterocycles. The highest BCUT2D eigenvalue weighted by Gasteiger charge is 2.26. The molecule has 0 aliphatic heterocycles. The lowest BCUT2D eigenvalue weighted by molar-refractivity contribution is -0.134. The number of likely N-dealkylation sites (N-methyl/N-ethyl adjacent to an activating group) is 1. The smallest absolute Gasteiger partial charge is 0.275 e. The highest BCUT2D eigenvalue weighted by molar-refractivity contribution is 5.83. The fourth-order valence-corrected chi connectivity index (χ4v) is 3.58. The van der Waals surface area contributed by atoms with Crippen molar-refractivity contribution < 1.29 is 4.79 Å². The molecule has 0 unspecified atom stereocenters. The summed E-state index contributed by atoms with van der Waals surface area (Å²) in [5.74, 6) is -0.0105. The third-order valence-corrected chi connectivity index (χ3v) is 4.76. The Balaban J connectivity index is 1.90. The maximum absolute atomic E-state index is 12.7. The third-order valence-electron chi connectivity index (χ3n) is 4.76. The van der Waals surface area contributed by atoms with Gasteiger partial charge in [-0.25, -0.2) is 4.68 Å². The van der Waals surface area contributed by atoms with Crippen LogP contribution < -0.4 is 5.56 Å². The first-order chi connectivity index (χ1) is 11.1. The lowest BCUT2D eigenvalue weighted by Crippen LogP contribution is -2.42. The molecule has 1 aliphatic rings. The second-order valence-electron chi connectivity index (χ2n) is 6.21. The molecule has 1 amide bonds. The SMILES string of the molecule is CCN(C(=O)Cn1nc(C)c2ccccc2c1=O)C1CCCC1. The molecule has 1 heterocycles. The van der Waals surface area contributed by atoms with Gasteiger partial charge in [-0.15, -0.1) is 0 Å². The standard InChI is InChI=1S/C18H23N3O2/c1-3-20(14-8-4-5-9-14)17(22)12-21-18(23)16-11-7-6-10-15(16)13(2)19-21/h6-7,10-11,14H,3-5,8-9,12H2,1-2H3. The molecule has 1 saturated carbocycles. The van der Waals surface area contributed by atoms with E-state index in [1.54, 1.807) is 6.07 Å². The van der Waals surface area contributed by atoms with Crippen LogP contribution in [0.2, 0.25) is 0 Å². The Bertz CT molecular complexity index is 775. The fraction of sp³-hybridized carbons (Fsp3) is 0.500. The molecule has 5 heteroatoms. The quantitative estimate of drug-likeness (QED) is 0.871. The van der Waals surface area contributed by atoms with Crippen LogP contribution in [0, 0.1) is 6.92 Å². The topological polar surface area (TPSA) is 55.2 Å². The van der Waals surface area contributed by atoms with Gasteiger partial charge >= 0.3 is 0 Å². The van der Waals surface area contributed by atoms with Crippen molar-refractivity contribution in [1.82, 2.24) is 14.7 Å². The first kappa shape index (κ1) is 15.7. The summed E-state index contributed by atoms with van der Waals surface area (Å²) < 4.78 is 1.32. The molecule has 0 N–H and O–H groups in total. The number of hydrogen-bond acceptors (Lipinski definition) is 3. The predicted octanol–water partition coefficient (Wildman–Crippen LogP) is 2.50. The van der Waals surface area contributed by atoms with Crippen LogP contribution >= 0.6 is 0 Å². The molecule has 3 rings (SSSR count). The summed E-state index contributed by atoms with van der Waals surface area (Å²) in [5.41, 5.74) is 0.582. The van der Waals surface area contributed by atoms with E-state index in [-0.39, 0.29) is 18.0 Å². The van der Waals surface area contributed by atoms with Crippen LogP contribution in [0.3, 0.4) is 0 Å². The average Bonchev–Trinajstić information content (AvgIpc) is 3.07. The molecule has 5 nitrogen and oxygen atoms in total. The normalized spacial score (nSPS) is 15.2. The summed E-state index contributed by atoms with van der Waals surface area (Å²) in [7, 11) is 0. The first-order valence-electron chi connectivity index (χ1n) is 8.37. The van der Waals surface area contributed by atoms with Crippen molar-refractivity contribution in [3.63, 3.8) is 0 Å². The first-order valence-corrected chi connectivity index (χ1v) is 8.37. The molecule has 0 radical (unpaired) electrons. The Morgan fingerprint density at radius 3 is 2.57 bits per heavy atom. The van der Waals surface area contributed by atoms with Crippen LogP contribution in [0.25, 0.3) is 10.8 Å². The van der Waals surface area contributed by atoms with Gasteiger partial charge in [0.2, 0.25) is 5.91 Å². The number of nitrogens with zero attached hydrogens (tertiary/aromatic N) is 3.